The SMILES string of the molecule is CCOC(=O)N1[C@H]([C@H]2COC(C)(C)O2)[C@@H]1C(=O)OC. The Morgan fingerprint density at radius 1 is 1.42 bits per heavy atom. The van der Waals surface area contributed by atoms with Crippen molar-refractivity contribution in [3.8, 4) is 0 Å². The summed E-state index contributed by atoms with van der Waals surface area (Å²) in [6.07, 6.45) is -0.875. The Morgan fingerprint density at radius 2 is 2.11 bits per heavy atom. The van der Waals surface area contributed by atoms with Gasteiger partial charge in [-0.25, -0.2) is 9.59 Å². The second kappa shape index (κ2) is 4.97. The number of ether oxygens (including phenoxy) is 4. The van der Waals surface area contributed by atoms with Crippen LogP contribution in [-0.2, 0) is 23.7 Å². The number of esters is 1. The Bertz CT molecular complexity index is 382. The molecule has 0 bridgehead atoms. The Hall–Kier alpha value is -1.34. The van der Waals surface area contributed by atoms with Gasteiger partial charge in [0.15, 0.2) is 11.8 Å². The molecule has 0 saturated carbocycles. The van der Waals surface area contributed by atoms with Gasteiger partial charge in [-0.2, -0.15) is 0 Å². The van der Waals surface area contributed by atoms with Crippen LogP contribution in [0.4, 0.5) is 4.79 Å². The predicted octanol–water partition coefficient (Wildman–Crippen LogP) is 0.520. The van der Waals surface area contributed by atoms with Crippen molar-refractivity contribution in [2.24, 2.45) is 0 Å². The van der Waals surface area contributed by atoms with Crippen molar-refractivity contribution in [1.29, 1.82) is 0 Å². The number of carbonyl (C=O) groups is 2. The highest BCUT2D eigenvalue weighted by Gasteiger charge is 2.63. The van der Waals surface area contributed by atoms with Gasteiger partial charge in [-0.3, -0.25) is 4.90 Å². The summed E-state index contributed by atoms with van der Waals surface area (Å²) in [5.41, 5.74) is 0. The van der Waals surface area contributed by atoms with Crippen LogP contribution >= 0.6 is 0 Å². The summed E-state index contributed by atoms with van der Waals surface area (Å²) in [7, 11) is 1.29. The van der Waals surface area contributed by atoms with Crippen LogP contribution in [0.1, 0.15) is 20.8 Å². The van der Waals surface area contributed by atoms with E-state index in [2.05, 4.69) is 4.74 Å². The van der Waals surface area contributed by atoms with E-state index in [0.29, 0.717) is 6.61 Å². The fourth-order valence-corrected chi connectivity index (χ4v) is 2.32. The minimum absolute atomic E-state index is 0.253. The van der Waals surface area contributed by atoms with E-state index in [4.69, 9.17) is 14.2 Å². The lowest BCUT2D eigenvalue weighted by Crippen LogP contribution is -2.28. The first-order valence-electron chi connectivity index (χ1n) is 6.26. The number of nitrogens with zero attached hydrogens (tertiary/aromatic N) is 1. The van der Waals surface area contributed by atoms with Crippen LogP contribution in [0.15, 0.2) is 0 Å². The van der Waals surface area contributed by atoms with Gasteiger partial charge in [0.1, 0.15) is 6.10 Å². The summed E-state index contributed by atoms with van der Waals surface area (Å²) in [6, 6.07) is -1.03. The molecule has 0 aromatic heterocycles. The monoisotopic (exact) mass is 273 g/mol. The first-order chi connectivity index (χ1) is 8.91. The molecule has 108 valence electrons. The molecule has 2 rings (SSSR count). The van der Waals surface area contributed by atoms with Crippen molar-refractivity contribution in [2.45, 2.75) is 44.7 Å². The summed E-state index contributed by atoms with van der Waals surface area (Å²) in [5, 5.41) is 0. The molecule has 0 spiro atoms. The van der Waals surface area contributed by atoms with Crippen molar-refractivity contribution in [3.63, 3.8) is 0 Å². The van der Waals surface area contributed by atoms with Crippen LogP contribution in [0.3, 0.4) is 0 Å². The van der Waals surface area contributed by atoms with E-state index in [9.17, 15) is 9.59 Å². The van der Waals surface area contributed by atoms with Gasteiger partial charge in [0, 0.05) is 0 Å². The van der Waals surface area contributed by atoms with Gasteiger partial charge in [0.2, 0.25) is 0 Å². The largest absolute Gasteiger partial charge is 0.467 e. The summed E-state index contributed by atoms with van der Waals surface area (Å²) < 4.78 is 20.7. The van der Waals surface area contributed by atoms with Gasteiger partial charge in [-0.1, -0.05) is 0 Å². The molecule has 2 aliphatic heterocycles. The summed E-state index contributed by atoms with van der Waals surface area (Å²) in [4.78, 5) is 24.8. The molecule has 3 atom stereocenters. The van der Waals surface area contributed by atoms with Crippen LogP contribution in [0.5, 0.6) is 0 Å². The van der Waals surface area contributed by atoms with Crippen molar-refractivity contribution >= 4 is 12.1 Å². The van der Waals surface area contributed by atoms with Gasteiger partial charge < -0.3 is 18.9 Å². The third kappa shape index (κ3) is 2.66. The van der Waals surface area contributed by atoms with E-state index in [1.807, 2.05) is 0 Å². The number of hydrogen-bond acceptors (Lipinski definition) is 6. The maximum atomic E-state index is 11.8. The van der Waals surface area contributed by atoms with Crippen LogP contribution < -0.4 is 0 Å². The van der Waals surface area contributed by atoms with E-state index < -0.39 is 23.9 Å². The molecule has 7 nitrogen and oxygen atoms in total. The fourth-order valence-electron chi connectivity index (χ4n) is 2.32. The molecular formula is C12H19NO6. The number of hydrogen-bond donors (Lipinski definition) is 0. The minimum Gasteiger partial charge on any atom is -0.467 e. The normalized spacial score (nSPS) is 32.0. The molecule has 0 aliphatic carbocycles. The molecule has 2 heterocycles. The molecule has 2 saturated heterocycles. The van der Waals surface area contributed by atoms with Gasteiger partial charge >= 0.3 is 12.1 Å². The molecule has 0 aromatic rings. The van der Waals surface area contributed by atoms with Crippen molar-refractivity contribution in [1.82, 2.24) is 4.90 Å². The molecule has 0 N–H and O–H groups in total. The molecule has 19 heavy (non-hydrogen) atoms. The van der Waals surface area contributed by atoms with E-state index in [1.165, 1.54) is 12.0 Å². The zero-order valence-electron chi connectivity index (χ0n) is 11.5. The second-order valence-corrected chi connectivity index (χ2v) is 4.93. The van der Waals surface area contributed by atoms with Crippen LogP contribution in [-0.4, -0.2) is 61.3 Å². The third-order valence-corrected chi connectivity index (χ3v) is 3.19. The lowest BCUT2D eigenvalue weighted by Gasteiger charge is -2.16. The van der Waals surface area contributed by atoms with Crippen molar-refractivity contribution in [3.05, 3.63) is 0 Å². The molecule has 0 radical (unpaired) electrons. The predicted molar refractivity (Wildman–Crippen MR) is 63.4 cm³/mol. The second-order valence-electron chi connectivity index (χ2n) is 4.93. The van der Waals surface area contributed by atoms with Crippen LogP contribution in [0.25, 0.3) is 0 Å². The quantitative estimate of drug-likeness (QED) is 0.551. The highest BCUT2D eigenvalue weighted by atomic mass is 16.7. The fraction of sp³-hybridized carbons (Fsp3) is 0.833. The average molecular weight is 273 g/mol. The standard InChI is InChI=1S/C12H19NO6/c1-5-17-11(15)13-8(9(13)10(14)16-4)7-6-18-12(2,3)19-7/h7-9H,5-6H2,1-4H3/t7-,8-,9-,13?/m1/s1. The highest BCUT2D eigenvalue weighted by molar-refractivity contribution is 5.88. The first-order valence-corrected chi connectivity index (χ1v) is 6.26. The maximum absolute atomic E-state index is 11.8. The van der Waals surface area contributed by atoms with E-state index in [1.54, 1.807) is 20.8 Å². The van der Waals surface area contributed by atoms with Gasteiger partial charge in [0.25, 0.3) is 0 Å². The van der Waals surface area contributed by atoms with Gasteiger partial charge in [-0.15, -0.1) is 0 Å². The molecule has 2 aliphatic rings. The van der Waals surface area contributed by atoms with Crippen molar-refractivity contribution < 1.29 is 28.5 Å². The number of amides is 1. The molecule has 1 amide bonds. The summed E-state index contributed by atoms with van der Waals surface area (Å²) >= 11 is 0. The Labute approximate surface area is 111 Å². The zero-order valence-corrected chi connectivity index (χ0v) is 11.5. The molecule has 7 heteroatoms. The summed E-state index contributed by atoms with van der Waals surface area (Å²) in [6.45, 7) is 5.88. The topological polar surface area (TPSA) is 74.1 Å². The molecule has 2 fully saturated rings. The zero-order chi connectivity index (χ0) is 14.2. The number of rotatable bonds is 3. The van der Waals surface area contributed by atoms with Gasteiger partial charge in [-0.05, 0) is 20.8 Å². The summed E-state index contributed by atoms with van der Waals surface area (Å²) in [5.74, 6) is -1.17. The van der Waals surface area contributed by atoms with Gasteiger partial charge in [0.05, 0.1) is 26.4 Å². The van der Waals surface area contributed by atoms with Crippen molar-refractivity contribution in [2.75, 3.05) is 20.3 Å². The van der Waals surface area contributed by atoms with E-state index in [0.717, 1.165) is 0 Å². The maximum Gasteiger partial charge on any atom is 0.411 e. The first kappa shape index (κ1) is 14.1. The van der Waals surface area contributed by atoms with E-state index in [-0.39, 0.29) is 18.8 Å². The van der Waals surface area contributed by atoms with Crippen LogP contribution in [0.2, 0.25) is 0 Å². The molecular weight excluding hydrogens is 254 g/mol. The minimum atomic E-state index is -0.700. The lowest BCUT2D eigenvalue weighted by molar-refractivity contribution is -0.143. The van der Waals surface area contributed by atoms with Crippen LogP contribution in [0, 0.1) is 0 Å². The number of methoxy groups -OCH3 is 1. The molecule has 0 unspecified atom stereocenters. The Morgan fingerprint density at radius 3 is 2.58 bits per heavy atom. The highest BCUT2D eigenvalue weighted by Crippen LogP contribution is 2.39. The lowest BCUT2D eigenvalue weighted by atomic mass is 10.2. The Kier molecular flexibility index (Phi) is 3.69. The Balaban J connectivity index is 2.06. The number of carbonyl (C=O) groups excluding carboxylic acids is 2. The third-order valence-electron chi connectivity index (χ3n) is 3.19. The van der Waals surface area contributed by atoms with E-state index >= 15 is 0 Å². The molecule has 0 aromatic carbocycles. The average Bonchev–Trinajstić information content (AvgIpc) is 3.00. The smallest absolute Gasteiger partial charge is 0.411 e.